The van der Waals surface area contributed by atoms with Crippen LogP contribution in [0.3, 0.4) is 0 Å². The minimum absolute atomic E-state index is 1.10. The molecule has 0 aliphatic rings. The molecule has 0 atom stereocenters. The fraction of sp³-hybridized carbons (Fsp3) is 0. The molecule has 1 heteroatoms. The lowest BCUT2D eigenvalue weighted by Gasteiger charge is -2.28. The van der Waals surface area contributed by atoms with Gasteiger partial charge < -0.3 is 4.90 Å². The van der Waals surface area contributed by atoms with Gasteiger partial charge in [0.15, 0.2) is 0 Å². The van der Waals surface area contributed by atoms with Gasteiger partial charge in [0.2, 0.25) is 0 Å². The quantitative estimate of drug-likeness (QED) is 0.155. The number of hydrogen-bond donors (Lipinski definition) is 0. The van der Waals surface area contributed by atoms with Crippen molar-refractivity contribution in [1.82, 2.24) is 0 Å². The van der Waals surface area contributed by atoms with Crippen LogP contribution in [0.2, 0.25) is 0 Å². The zero-order valence-electron chi connectivity index (χ0n) is 29.3. The lowest BCUT2D eigenvalue weighted by Crippen LogP contribution is -2.11. The first-order valence-corrected chi connectivity index (χ1v) is 18.2. The number of para-hydroxylation sites is 1. The van der Waals surface area contributed by atoms with E-state index in [1.54, 1.807) is 0 Å². The molecule has 250 valence electrons. The number of nitrogens with zero attached hydrogens (tertiary/aromatic N) is 1. The van der Waals surface area contributed by atoms with Crippen LogP contribution in [-0.4, -0.2) is 0 Å². The summed E-state index contributed by atoms with van der Waals surface area (Å²) in [6, 6.07) is 80.8. The molecule has 0 N–H and O–H groups in total. The van der Waals surface area contributed by atoms with E-state index in [2.05, 4.69) is 229 Å². The van der Waals surface area contributed by atoms with E-state index in [0.717, 1.165) is 17.1 Å². The average Bonchev–Trinajstić information content (AvgIpc) is 3.25. The largest absolute Gasteiger partial charge is 0.310 e. The highest BCUT2D eigenvalue weighted by Crippen LogP contribution is 2.42. The topological polar surface area (TPSA) is 3.24 Å². The van der Waals surface area contributed by atoms with Gasteiger partial charge in [-0.2, -0.15) is 0 Å². The maximum atomic E-state index is 2.38. The van der Waals surface area contributed by atoms with Crippen LogP contribution in [0.15, 0.2) is 224 Å². The summed E-state index contributed by atoms with van der Waals surface area (Å²) in [6.45, 7) is 0. The van der Waals surface area contributed by atoms with Gasteiger partial charge in [-0.1, -0.05) is 176 Å². The minimum atomic E-state index is 1.10. The maximum absolute atomic E-state index is 2.38. The Balaban J connectivity index is 1.11. The second-order valence-electron chi connectivity index (χ2n) is 13.4. The second-order valence-corrected chi connectivity index (χ2v) is 13.4. The summed E-state index contributed by atoms with van der Waals surface area (Å²) in [5.74, 6) is 0. The molecule has 9 rings (SSSR count). The molecule has 9 aromatic carbocycles. The summed E-state index contributed by atoms with van der Waals surface area (Å²) >= 11 is 0. The summed E-state index contributed by atoms with van der Waals surface area (Å²) in [5.41, 5.74) is 15.3. The van der Waals surface area contributed by atoms with Crippen molar-refractivity contribution in [3.8, 4) is 55.6 Å². The third-order valence-electron chi connectivity index (χ3n) is 10.1. The summed E-state index contributed by atoms with van der Waals surface area (Å²) < 4.78 is 0. The van der Waals surface area contributed by atoms with Crippen LogP contribution in [0.1, 0.15) is 0 Å². The van der Waals surface area contributed by atoms with Gasteiger partial charge in [-0.25, -0.2) is 0 Å². The fourth-order valence-corrected chi connectivity index (χ4v) is 7.32. The molecule has 0 amide bonds. The first-order chi connectivity index (χ1) is 26.3. The van der Waals surface area contributed by atoms with Gasteiger partial charge in [0.25, 0.3) is 0 Å². The van der Waals surface area contributed by atoms with Crippen molar-refractivity contribution in [2.45, 2.75) is 0 Å². The molecule has 0 unspecified atom stereocenters. The standard InChI is InChI=1S/C52H37N/c1-3-13-38(14-4-1)41-27-31-49(32-28-41)53(52-24-10-9-23-51(52)48-22-12-20-45(37-48)39-15-5-2-6-16-39)50-33-29-42(30-34-50)44-19-11-21-46(35-44)47-26-25-40-17-7-8-18-43(40)36-47/h1-37H. The van der Waals surface area contributed by atoms with Crippen LogP contribution < -0.4 is 4.90 Å². The van der Waals surface area contributed by atoms with E-state index in [-0.39, 0.29) is 0 Å². The monoisotopic (exact) mass is 675 g/mol. The molecule has 0 heterocycles. The van der Waals surface area contributed by atoms with Crippen molar-refractivity contribution in [2.24, 2.45) is 0 Å². The molecule has 0 fully saturated rings. The predicted molar refractivity (Wildman–Crippen MR) is 226 cm³/mol. The Morgan fingerprint density at radius 3 is 1.26 bits per heavy atom. The third kappa shape index (κ3) is 6.65. The molecule has 0 saturated heterocycles. The summed E-state index contributed by atoms with van der Waals surface area (Å²) in [4.78, 5) is 2.38. The first kappa shape index (κ1) is 32.0. The number of anilines is 3. The molecule has 0 radical (unpaired) electrons. The van der Waals surface area contributed by atoms with Crippen molar-refractivity contribution in [1.29, 1.82) is 0 Å². The first-order valence-electron chi connectivity index (χ1n) is 18.2. The van der Waals surface area contributed by atoms with Crippen LogP contribution in [-0.2, 0) is 0 Å². The van der Waals surface area contributed by atoms with Gasteiger partial charge in [-0.3, -0.25) is 0 Å². The van der Waals surface area contributed by atoms with E-state index in [1.165, 1.54) is 66.4 Å². The van der Waals surface area contributed by atoms with Crippen molar-refractivity contribution >= 4 is 27.8 Å². The lowest BCUT2D eigenvalue weighted by atomic mass is 9.96. The second kappa shape index (κ2) is 14.3. The summed E-state index contributed by atoms with van der Waals surface area (Å²) in [7, 11) is 0. The third-order valence-corrected chi connectivity index (χ3v) is 10.1. The van der Waals surface area contributed by atoms with Crippen LogP contribution in [0.25, 0.3) is 66.4 Å². The normalized spacial score (nSPS) is 11.0. The Bertz CT molecular complexity index is 2640. The van der Waals surface area contributed by atoms with Crippen LogP contribution in [0.5, 0.6) is 0 Å². The zero-order valence-corrected chi connectivity index (χ0v) is 29.3. The van der Waals surface area contributed by atoms with Gasteiger partial charge >= 0.3 is 0 Å². The van der Waals surface area contributed by atoms with E-state index >= 15 is 0 Å². The molecule has 0 aliphatic heterocycles. The van der Waals surface area contributed by atoms with Gasteiger partial charge in [-0.15, -0.1) is 0 Å². The molecule has 0 spiro atoms. The summed E-state index contributed by atoms with van der Waals surface area (Å²) in [5, 5.41) is 2.51. The maximum Gasteiger partial charge on any atom is 0.0540 e. The van der Waals surface area contributed by atoms with E-state index in [4.69, 9.17) is 0 Å². The molecule has 1 nitrogen and oxygen atoms in total. The van der Waals surface area contributed by atoms with Crippen molar-refractivity contribution < 1.29 is 0 Å². The molecule has 0 aliphatic carbocycles. The lowest BCUT2D eigenvalue weighted by molar-refractivity contribution is 1.28. The Kier molecular flexibility index (Phi) is 8.66. The summed E-state index contributed by atoms with van der Waals surface area (Å²) in [6.07, 6.45) is 0. The number of hydrogen-bond acceptors (Lipinski definition) is 1. The average molecular weight is 676 g/mol. The van der Waals surface area contributed by atoms with Crippen LogP contribution >= 0.6 is 0 Å². The van der Waals surface area contributed by atoms with E-state index < -0.39 is 0 Å². The van der Waals surface area contributed by atoms with E-state index in [0.29, 0.717) is 0 Å². The van der Waals surface area contributed by atoms with Gasteiger partial charge in [0, 0.05) is 16.9 Å². The Morgan fingerprint density at radius 2 is 0.623 bits per heavy atom. The smallest absolute Gasteiger partial charge is 0.0540 e. The van der Waals surface area contributed by atoms with Gasteiger partial charge in [0.1, 0.15) is 0 Å². The highest BCUT2D eigenvalue weighted by molar-refractivity contribution is 5.91. The van der Waals surface area contributed by atoms with Crippen molar-refractivity contribution in [2.75, 3.05) is 4.90 Å². The van der Waals surface area contributed by atoms with Crippen molar-refractivity contribution in [3.63, 3.8) is 0 Å². The van der Waals surface area contributed by atoms with E-state index in [9.17, 15) is 0 Å². The Hall–Kier alpha value is -6.96. The van der Waals surface area contributed by atoms with Crippen molar-refractivity contribution in [3.05, 3.63) is 224 Å². The SMILES string of the molecule is c1ccc(-c2ccc(N(c3ccc(-c4cccc(-c5ccc6ccccc6c5)c4)cc3)c3ccccc3-c3cccc(-c4ccccc4)c3)cc2)cc1. The highest BCUT2D eigenvalue weighted by Gasteiger charge is 2.18. The number of rotatable bonds is 8. The van der Waals surface area contributed by atoms with Crippen LogP contribution in [0.4, 0.5) is 17.1 Å². The minimum Gasteiger partial charge on any atom is -0.310 e. The highest BCUT2D eigenvalue weighted by atomic mass is 15.1. The number of fused-ring (bicyclic) bond motifs is 1. The zero-order chi connectivity index (χ0) is 35.4. The molecule has 9 aromatic rings. The molecular weight excluding hydrogens is 639 g/mol. The van der Waals surface area contributed by atoms with Gasteiger partial charge in [0.05, 0.1) is 5.69 Å². The molecular formula is C52H37N. The fourth-order valence-electron chi connectivity index (χ4n) is 7.32. The predicted octanol–water partition coefficient (Wildman–Crippen LogP) is 14.6. The number of benzene rings is 9. The molecule has 0 aromatic heterocycles. The van der Waals surface area contributed by atoms with Gasteiger partial charge in [-0.05, 0) is 109 Å². The van der Waals surface area contributed by atoms with Crippen LogP contribution in [0, 0.1) is 0 Å². The Morgan fingerprint density at radius 1 is 0.226 bits per heavy atom. The molecule has 0 bridgehead atoms. The molecule has 53 heavy (non-hydrogen) atoms. The van der Waals surface area contributed by atoms with E-state index in [1.807, 2.05) is 0 Å². The molecule has 0 saturated carbocycles. The Labute approximate surface area is 311 Å².